The van der Waals surface area contributed by atoms with E-state index in [9.17, 15) is 9.59 Å². The van der Waals surface area contributed by atoms with E-state index in [1.807, 2.05) is 43.3 Å². The van der Waals surface area contributed by atoms with Crippen molar-refractivity contribution in [3.05, 3.63) is 80.8 Å². The number of hydrogen-bond donors (Lipinski definition) is 1. The summed E-state index contributed by atoms with van der Waals surface area (Å²) < 4.78 is 5.30. The third-order valence-electron chi connectivity index (χ3n) is 4.56. The van der Waals surface area contributed by atoms with Crippen LogP contribution >= 0.6 is 22.9 Å². The fourth-order valence-electron chi connectivity index (χ4n) is 3.14. The van der Waals surface area contributed by atoms with E-state index in [1.54, 1.807) is 12.1 Å². The van der Waals surface area contributed by atoms with Gasteiger partial charge in [-0.3, -0.25) is 10.1 Å². The zero-order valence-electron chi connectivity index (χ0n) is 15.1. The van der Waals surface area contributed by atoms with Crippen LogP contribution in [0, 0.1) is 6.92 Å². The first-order chi connectivity index (χ1) is 13.5. The molecule has 0 spiro atoms. The van der Waals surface area contributed by atoms with Crippen LogP contribution in [0.2, 0.25) is 5.02 Å². The summed E-state index contributed by atoms with van der Waals surface area (Å²) in [6, 6.07) is 14.8. The largest absolute Gasteiger partial charge is 0.448 e. The molecule has 2 heterocycles. The Morgan fingerprint density at radius 3 is 2.93 bits per heavy atom. The van der Waals surface area contributed by atoms with Gasteiger partial charge in [0.2, 0.25) is 0 Å². The zero-order valence-corrected chi connectivity index (χ0v) is 16.6. The minimum atomic E-state index is -0.858. The maximum Gasteiger partial charge on any atom is 0.339 e. The number of carbonyl (C=O) groups is 2. The van der Waals surface area contributed by atoms with Gasteiger partial charge >= 0.3 is 5.97 Å². The van der Waals surface area contributed by atoms with Gasteiger partial charge in [-0.05, 0) is 36.2 Å². The van der Waals surface area contributed by atoms with Gasteiger partial charge in [-0.2, -0.15) is 0 Å². The number of esters is 1. The number of cyclic esters (lactones) is 1. The number of benzene rings is 2. The molecule has 2 aromatic carbocycles. The first-order valence-electron chi connectivity index (χ1n) is 8.80. The number of anilines is 1. The van der Waals surface area contributed by atoms with Gasteiger partial charge < -0.3 is 4.74 Å². The number of aromatic nitrogens is 1. The van der Waals surface area contributed by atoms with Crippen LogP contribution in [-0.4, -0.2) is 23.0 Å². The molecule has 1 aliphatic heterocycles. The van der Waals surface area contributed by atoms with Crippen molar-refractivity contribution >= 4 is 39.9 Å². The van der Waals surface area contributed by atoms with Gasteiger partial charge in [-0.15, -0.1) is 11.3 Å². The summed E-state index contributed by atoms with van der Waals surface area (Å²) in [6.07, 6.45) is 0.183. The lowest BCUT2D eigenvalue weighted by atomic mass is 9.98. The Balaban J connectivity index is 1.46. The first-order valence-corrected chi connectivity index (χ1v) is 9.99. The van der Waals surface area contributed by atoms with E-state index in [0.717, 1.165) is 21.7 Å². The van der Waals surface area contributed by atoms with Gasteiger partial charge in [-0.1, -0.05) is 41.9 Å². The third kappa shape index (κ3) is 3.93. The predicted octanol–water partition coefficient (Wildman–Crippen LogP) is 4.42. The van der Waals surface area contributed by atoms with Crippen molar-refractivity contribution in [2.75, 3.05) is 5.32 Å². The van der Waals surface area contributed by atoms with Gasteiger partial charge in [0.05, 0.1) is 11.3 Å². The average Bonchev–Trinajstić information content (AvgIpc) is 3.00. The summed E-state index contributed by atoms with van der Waals surface area (Å²) in [4.78, 5) is 30.2. The lowest BCUT2D eigenvalue weighted by Crippen LogP contribution is -2.37. The fraction of sp³-hybridized carbons (Fsp3) is 0.190. The second kappa shape index (κ2) is 7.73. The number of aryl methyl sites for hydroxylation is 1. The van der Waals surface area contributed by atoms with Crippen LogP contribution in [0.1, 0.15) is 32.1 Å². The molecule has 3 aromatic rings. The van der Waals surface area contributed by atoms with Gasteiger partial charge in [0.15, 0.2) is 11.2 Å². The summed E-state index contributed by atoms with van der Waals surface area (Å²) in [5, 5.41) is 3.97. The number of carbonyl (C=O) groups excluding carboxylic acids is 2. The highest BCUT2D eigenvalue weighted by molar-refractivity contribution is 7.15. The number of nitrogens with zero attached hydrogens (tertiary/aromatic N) is 1. The molecule has 1 atom stereocenters. The smallest absolute Gasteiger partial charge is 0.339 e. The number of halogens is 1. The molecule has 28 heavy (non-hydrogen) atoms. The van der Waals surface area contributed by atoms with Crippen LogP contribution in [0.15, 0.2) is 48.5 Å². The van der Waals surface area contributed by atoms with Crippen molar-refractivity contribution in [2.45, 2.75) is 25.9 Å². The Morgan fingerprint density at radius 2 is 2.11 bits per heavy atom. The quantitative estimate of drug-likeness (QED) is 0.644. The molecule has 1 unspecified atom stereocenters. The Labute approximate surface area is 171 Å². The molecule has 0 bridgehead atoms. The van der Waals surface area contributed by atoms with E-state index in [2.05, 4.69) is 10.3 Å². The minimum absolute atomic E-state index is 0.355. The SMILES string of the molecule is Cc1nc(NC(=O)C2Cc3ccccc3C(=O)O2)sc1Cc1cccc(Cl)c1. The summed E-state index contributed by atoms with van der Waals surface area (Å²) >= 11 is 7.46. The summed E-state index contributed by atoms with van der Waals surface area (Å²) in [5.41, 5.74) is 3.26. The van der Waals surface area contributed by atoms with Crippen molar-refractivity contribution in [1.29, 1.82) is 0 Å². The number of amides is 1. The molecule has 1 N–H and O–H groups in total. The normalized spacial score (nSPS) is 15.6. The van der Waals surface area contributed by atoms with Crippen molar-refractivity contribution in [2.24, 2.45) is 0 Å². The third-order valence-corrected chi connectivity index (χ3v) is 5.87. The van der Waals surface area contributed by atoms with E-state index in [4.69, 9.17) is 16.3 Å². The van der Waals surface area contributed by atoms with Crippen molar-refractivity contribution in [3.8, 4) is 0 Å². The molecule has 0 saturated heterocycles. The van der Waals surface area contributed by atoms with E-state index >= 15 is 0 Å². The molecule has 0 fully saturated rings. The lowest BCUT2D eigenvalue weighted by Gasteiger charge is -2.23. The van der Waals surface area contributed by atoms with Crippen molar-refractivity contribution in [3.63, 3.8) is 0 Å². The molecule has 1 amide bonds. The highest BCUT2D eigenvalue weighted by Crippen LogP contribution is 2.27. The highest BCUT2D eigenvalue weighted by atomic mass is 35.5. The molecule has 1 aromatic heterocycles. The summed E-state index contributed by atoms with van der Waals surface area (Å²) in [7, 11) is 0. The van der Waals surface area contributed by atoms with E-state index in [-0.39, 0.29) is 5.91 Å². The Kier molecular flexibility index (Phi) is 5.15. The highest BCUT2D eigenvalue weighted by Gasteiger charge is 2.31. The Morgan fingerprint density at radius 1 is 1.29 bits per heavy atom. The Bertz CT molecular complexity index is 1060. The second-order valence-corrected chi connectivity index (χ2v) is 8.10. The van der Waals surface area contributed by atoms with Crippen LogP contribution in [0.5, 0.6) is 0 Å². The standard InChI is InChI=1S/C21H17ClN2O3S/c1-12-18(10-13-5-4-7-15(22)9-13)28-21(23-12)24-19(25)17-11-14-6-2-3-8-16(14)20(26)27-17/h2-9,17H,10-11H2,1H3,(H,23,24,25). The van der Waals surface area contributed by atoms with Gasteiger partial charge in [-0.25, -0.2) is 9.78 Å². The molecule has 1 aliphatic rings. The minimum Gasteiger partial charge on any atom is -0.448 e. The van der Waals surface area contributed by atoms with Crippen LogP contribution in [0.4, 0.5) is 5.13 Å². The van der Waals surface area contributed by atoms with Crippen LogP contribution in [-0.2, 0) is 22.4 Å². The fourth-order valence-corrected chi connectivity index (χ4v) is 4.35. The maximum atomic E-state index is 12.6. The molecule has 142 valence electrons. The molecule has 0 radical (unpaired) electrons. The summed E-state index contributed by atoms with van der Waals surface area (Å²) in [6.45, 7) is 1.91. The molecule has 4 rings (SSSR count). The number of ether oxygens (including phenoxy) is 1. The van der Waals surface area contributed by atoms with Gasteiger partial charge in [0, 0.05) is 22.7 Å². The summed E-state index contributed by atoms with van der Waals surface area (Å²) in [5.74, 6) is -0.843. The topological polar surface area (TPSA) is 68.3 Å². The maximum absolute atomic E-state index is 12.6. The van der Waals surface area contributed by atoms with Crippen LogP contribution in [0.25, 0.3) is 0 Å². The molecule has 0 aliphatic carbocycles. The van der Waals surface area contributed by atoms with Crippen molar-refractivity contribution in [1.82, 2.24) is 4.98 Å². The number of thiazole rings is 1. The number of rotatable bonds is 4. The van der Waals surface area contributed by atoms with E-state index < -0.39 is 12.1 Å². The number of nitrogens with one attached hydrogen (secondary N) is 1. The molecule has 0 saturated carbocycles. The molecular formula is C21H17ClN2O3S. The second-order valence-electron chi connectivity index (χ2n) is 6.58. The van der Waals surface area contributed by atoms with Crippen LogP contribution in [0.3, 0.4) is 0 Å². The molecular weight excluding hydrogens is 396 g/mol. The monoisotopic (exact) mass is 412 g/mol. The zero-order chi connectivity index (χ0) is 19.7. The molecule has 5 nitrogen and oxygen atoms in total. The van der Waals surface area contributed by atoms with Gasteiger partial charge in [0.1, 0.15) is 0 Å². The van der Waals surface area contributed by atoms with Gasteiger partial charge in [0.25, 0.3) is 5.91 Å². The Hall–Kier alpha value is -2.70. The molecule has 7 heteroatoms. The average molecular weight is 413 g/mol. The van der Waals surface area contributed by atoms with Crippen LogP contribution < -0.4 is 5.32 Å². The van der Waals surface area contributed by atoms with Crippen molar-refractivity contribution < 1.29 is 14.3 Å². The number of hydrogen-bond acceptors (Lipinski definition) is 5. The lowest BCUT2D eigenvalue weighted by molar-refractivity contribution is -0.125. The first kappa shape index (κ1) is 18.7. The van der Waals surface area contributed by atoms with E-state index in [0.29, 0.717) is 28.6 Å². The predicted molar refractivity (Wildman–Crippen MR) is 109 cm³/mol. The van der Waals surface area contributed by atoms with E-state index in [1.165, 1.54) is 11.3 Å². The number of fused-ring (bicyclic) bond motifs is 1.